The van der Waals surface area contributed by atoms with Crippen LogP contribution in [0.1, 0.15) is 54.0 Å². The molecule has 1 aromatic heterocycles. The molecule has 0 radical (unpaired) electrons. The van der Waals surface area contributed by atoms with Gasteiger partial charge < -0.3 is 9.47 Å². The lowest BCUT2D eigenvalue weighted by Crippen LogP contribution is -2.38. The third-order valence-electron chi connectivity index (χ3n) is 6.12. The average Bonchev–Trinajstić information content (AvgIpc) is 2.93. The molecule has 1 N–H and O–H groups in total. The van der Waals surface area contributed by atoms with Crippen LogP contribution in [0.25, 0.3) is 0 Å². The van der Waals surface area contributed by atoms with Crippen molar-refractivity contribution in [3.63, 3.8) is 0 Å². The van der Waals surface area contributed by atoms with Crippen molar-refractivity contribution in [3.8, 4) is 0 Å². The van der Waals surface area contributed by atoms with Gasteiger partial charge in [0, 0.05) is 31.5 Å². The molecule has 2 aromatic rings. The number of aromatic nitrogens is 1. The smallest absolute Gasteiger partial charge is 0.264 e. The van der Waals surface area contributed by atoms with E-state index < -0.39 is 10.0 Å². The molecule has 7 heteroatoms. The molecule has 1 aliphatic heterocycles. The van der Waals surface area contributed by atoms with Gasteiger partial charge in [-0.15, -0.1) is 0 Å². The van der Waals surface area contributed by atoms with Crippen LogP contribution >= 0.6 is 0 Å². The zero-order chi connectivity index (χ0) is 21.3. The van der Waals surface area contributed by atoms with E-state index in [2.05, 4.69) is 11.6 Å². The number of hydrogen-bond donors (Lipinski definition) is 1. The Morgan fingerprint density at radius 3 is 2.38 bits per heavy atom. The van der Waals surface area contributed by atoms with Gasteiger partial charge in [0.25, 0.3) is 15.9 Å². The lowest BCUT2D eigenvalue weighted by Gasteiger charge is -2.30. The van der Waals surface area contributed by atoms with Gasteiger partial charge >= 0.3 is 0 Å². The number of piperidine rings is 1. The monoisotopic (exact) mass is 417 g/mol. The summed E-state index contributed by atoms with van der Waals surface area (Å²) in [4.78, 5) is 15.2. The van der Waals surface area contributed by atoms with E-state index in [1.54, 1.807) is 35.6 Å². The summed E-state index contributed by atoms with van der Waals surface area (Å²) in [6.45, 7) is 9.06. The molecule has 0 saturated carbocycles. The summed E-state index contributed by atoms with van der Waals surface area (Å²) in [5.41, 5.74) is 3.01. The van der Waals surface area contributed by atoms with Crippen molar-refractivity contribution in [2.45, 2.75) is 51.9 Å². The number of sulfonamides is 1. The highest BCUT2D eigenvalue weighted by Crippen LogP contribution is 2.31. The molecule has 0 spiro atoms. The van der Waals surface area contributed by atoms with E-state index in [1.807, 2.05) is 26.0 Å². The minimum Gasteiger partial charge on any atom is -0.350 e. The maximum Gasteiger partial charge on any atom is 0.264 e. The summed E-state index contributed by atoms with van der Waals surface area (Å²) < 4.78 is 31.4. The van der Waals surface area contributed by atoms with Gasteiger partial charge in [-0.2, -0.15) is 0 Å². The molecule has 158 valence electrons. The van der Waals surface area contributed by atoms with Crippen LogP contribution in [0.4, 0.5) is 5.69 Å². The quantitative estimate of drug-likeness (QED) is 0.803. The van der Waals surface area contributed by atoms with Gasteiger partial charge in [0.2, 0.25) is 0 Å². The predicted octanol–water partition coefficient (Wildman–Crippen LogP) is 3.88. The molecular formula is C22H31N3O3S. The van der Waals surface area contributed by atoms with Crippen LogP contribution in [0.3, 0.4) is 0 Å². The van der Waals surface area contributed by atoms with Gasteiger partial charge in [-0.05, 0) is 50.7 Å². The highest BCUT2D eigenvalue weighted by Gasteiger charge is 2.34. The number of amides is 1. The van der Waals surface area contributed by atoms with Gasteiger partial charge in [0.15, 0.2) is 0 Å². The minimum absolute atomic E-state index is 0.0898. The van der Waals surface area contributed by atoms with Crippen molar-refractivity contribution >= 4 is 21.6 Å². The first-order valence-electron chi connectivity index (χ1n) is 10.2. The fourth-order valence-corrected chi connectivity index (χ4v) is 5.61. The Labute approximate surface area is 174 Å². The van der Waals surface area contributed by atoms with E-state index in [0.717, 1.165) is 18.4 Å². The van der Waals surface area contributed by atoms with Crippen LogP contribution in [0, 0.1) is 19.8 Å². The van der Waals surface area contributed by atoms with Crippen LogP contribution in [0.15, 0.2) is 29.2 Å². The largest absolute Gasteiger partial charge is 0.350 e. The van der Waals surface area contributed by atoms with E-state index in [9.17, 15) is 13.2 Å². The summed E-state index contributed by atoms with van der Waals surface area (Å²) in [6.07, 6.45) is 2.60. The fraction of sp³-hybridized carbons (Fsp3) is 0.500. The molecular weight excluding hydrogens is 386 g/mol. The fourth-order valence-electron chi connectivity index (χ4n) is 3.99. The number of para-hydroxylation sites is 1. The third-order valence-corrected chi connectivity index (χ3v) is 7.65. The normalized spacial score (nSPS) is 15.6. The van der Waals surface area contributed by atoms with Crippen molar-refractivity contribution in [1.82, 2.24) is 9.47 Å². The second-order valence-corrected chi connectivity index (χ2v) is 9.64. The van der Waals surface area contributed by atoms with E-state index in [-0.39, 0.29) is 10.8 Å². The number of anilines is 1. The number of aryl methyl sites for hydroxylation is 1. The summed E-state index contributed by atoms with van der Waals surface area (Å²) >= 11 is 0. The lowest BCUT2D eigenvalue weighted by molar-refractivity contribution is 0.0692. The molecule has 2 heterocycles. The maximum atomic E-state index is 13.4. The zero-order valence-electron chi connectivity index (χ0n) is 17.9. The standard InChI is InChI=1S/C22H31N3O3S/c1-6-18-9-7-8-10-19(18)23-29(27,28)21-17(4)24(5)16(3)20(21)22(26)25-13-11-15(2)12-14-25/h7-10,15,23H,6,11-14H2,1-5H3. The van der Waals surface area contributed by atoms with Crippen LogP contribution in [-0.4, -0.2) is 36.9 Å². The SMILES string of the molecule is CCc1ccccc1NS(=O)(=O)c1c(C(=O)N2CCC(C)CC2)c(C)n(C)c1C. The molecule has 29 heavy (non-hydrogen) atoms. The number of nitrogens with one attached hydrogen (secondary N) is 1. The summed E-state index contributed by atoms with van der Waals surface area (Å²) in [5.74, 6) is 0.398. The third kappa shape index (κ3) is 4.06. The average molecular weight is 418 g/mol. The van der Waals surface area contributed by atoms with Crippen molar-refractivity contribution in [2.24, 2.45) is 13.0 Å². The molecule has 1 fully saturated rings. The number of nitrogens with zero attached hydrogens (tertiary/aromatic N) is 2. The van der Waals surface area contributed by atoms with Crippen molar-refractivity contribution in [2.75, 3.05) is 17.8 Å². The zero-order valence-corrected chi connectivity index (χ0v) is 18.8. The van der Waals surface area contributed by atoms with E-state index in [1.165, 1.54) is 0 Å². The van der Waals surface area contributed by atoms with Gasteiger partial charge in [0.1, 0.15) is 4.90 Å². The van der Waals surface area contributed by atoms with E-state index >= 15 is 0 Å². The Morgan fingerprint density at radius 2 is 1.76 bits per heavy atom. The van der Waals surface area contributed by atoms with Crippen LogP contribution in [0.2, 0.25) is 0 Å². The molecule has 3 rings (SSSR count). The molecule has 1 aliphatic rings. The first-order valence-corrected chi connectivity index (χ1v) is 11.7. The second-order valence-electron chi connectivity index (χ2n) is 8.02. The molecule has 0 atom stereocenters. The number of rotatable bonds is 5. The van der Waals surface area contributed by atoms with Crippen molar-refractivity contribution in [1.29, 1.82) is 0 Å². The maximum absolute atomic E-state index is 13.4. The number of benzene rings is 1. The topological polar surface area (TPSA) is 71.4 Å². The molecule has 1 amide bonds. The molecule has 0 bridgehead atoms. The molecule has 1 saturated heterocycles. The first-order chi connectivity index (χ1) is 13.7. The van der Waals surface area contributed by atoms with E-state index in [0.29, 0.717) is 48.1 Å². The van der Waals surface area contributed by atoms with Gasteiger partial charge in [-0.1, -0.05) is 32.0 Å². The Bertz CT molecular complexity index is 1020. The van der Waals surface area contributed by atoms with Gasteiger partial charge in [-0.25, -0.2) is 8.42 Å². The molecule has 1 aromatic carbocycles. The number of likely N-dealkylation sites (tertiary alicyclic amines) is 1. The molecule has 0 aliphatic carbocycles. The number of hydrogen-bond acceptors (Lipinski definition) is 3. The minimum atomic E-state index is -3.92. The van der Waals surface area contributed by atoms with Crippen LogP contribution < -0.4 is 4.72 Å². The van der Waals surface area contributed by atoms with Gasteiger partial charge in [0.05, 0.1) is 11.3 Å². The highest BCUT2D eigenvalue weighted by molar-refractivity contribution is 7.92. The number of carbonyl (C=O) groups excluding carboxylic acids is 1. The van der Waals surface area contributed by atoms with Crippen LogP contribution in [0.5, 0.6) is 0 Å². The second kappa shape index (κ2) is 8.22. The Hall–Kier alpha value is -2.28. The lowest BCUT2D eigenvalue weighted by atomic mass is 9.98. The summed E-state index contributed by atoms with van der Waals surface area (Å²) in [6, 6.07) is 7.36. The molecule has 0 unspecified atom stereocenters. The van der Waals surface area contributed by atoms with Gasteiger partial charge in [-0.3, -0.25) is 9.52 Å². The van der Waals surface area contributed by atoms with Crippen molar-refractivity contribution in [3.05, 3.63) is 46.8 Å². The van der Waals surface area contributed by atoms with Crippen molar-refractivity contribution < 1.29 is 13.2 Å². The Balaban J connectivity index is 2.05. The Morgan fingerprint density at radius 1 is 1.14 bits per heavy atom. The highest BCUT2D eigenvalue weighted by atomic mass is 32.2. The summed E-state index contributed by atoms with van der Waals surface area (Å²) in [7, 11) is -2.12. The predicted molar refractivity (Wildman–Crippen MR) is 116 cm³/mol. The first kappa shape index (κ1) is 21.4. The van der Waals surface area contributed by atoms with Crippen LogP contribution in [-0.2, 0) is 23.5 Å². The van der Waals surface area contributed by atoms with E-state index in [4.69, 9.17) is 0 Å². The Kier molecular flexibility index (Phi) is 6.08. The summed E-state index contributed by atoms with van der Waals surface area (Å²) in [5, 5.41) is 0. The number of carbonyl (C=O) groups is 1. The molecule has 6 nitrogen and oxygen atoms in total.